The quantitative estimate of drug-likeness (QED) is 0.774. The van der Waals surface area contributed by atoms with E-state index in [-0.39, 0.29) is 11.8 Å². The first-order chi connectivity index (χ1) is 12.5. The van der Waals surface area contributed by atoms with Gasteiger partial charge >= 0.3 is 0 Å². The minimum Gasteiger partial charge on any atom is -0.342 e. The van der Waals surface area contributed by atoms with Crippen molar-refractivity contribution in [2.24, 2.45) is 5.92 Å². The second kappa shape index (κ2) is 8.52. The fourth-order valence-corrected chi connectivity index (χ4v) is 3.81. The number of carbonyl (C=O) groups excluding carboxylic acids is 2. The molecule has 2 aliphatic heterocycles. The maximum atomic E-state index is 12.5. The number of likely N-dealkylation sites (tertiary alicyclic amines) is 2. The molecule has 2 saturated heterocycles. The Morgan fingerprint density at radius 2 is 1.58 bits per heavy atom. The van der Waals surface area contributed by atoms with Crippen LogP contribution in [0, 0.1) is 5.92 Å². The zero-order chi connectivity index (χ0) is 18.5. The summed E-state index contributed by atoms with van der Waals surface area (Å²) in [6.45, 7) is 7.53. The summed E-state index contributed by atoms with van der Waals surface area (Å²) >= 11 is 0. The molecule has 4 heteroatoms. The second-order valence-corrected chi connectivity index (χ2v) is 7.79. The summed E-state index contributed by atoms with van der Waals surface area (Å²) in [4.78, 5) is 28.8. The Hall–Kier alpha value is -2.10. The first-order valence-electron chi connectivity index (χ1n) is 9.90. The lowest BCUT2D eigenvalue weighted by atomic mass is 9.95. The van der Waals surface area contributed by atoms with Gasteiger partial charge in [-0.2, -0.15) is 0 Å². The molecule has 0 aromatic heterocycles. The monoisotopic (exact) mass is 354 g/mol. The molecule has 0 bridgehead atoms. The molecule has 140 valence electrons. The molecule has 2 amide bonds. The molecule has 0 N–H and O–H groups in total. The van der Waals surface area contributed by atoms with E-state index in [0.717, 1.165) is 44.3 Å². The topological polar surface area (TPSA) is 40.6 Å². The SMILES string of the molecule is CC(C)c1ccc(/C=C/C(=O)N2CCC(C(=O)N3CCCC3)CC2)cc1. The molecule has 1 aromatic carbocycles. The molecule has 0 saturated carbocycles. The first kappa shape index (κ1) is 18.7. The Morgan fingerprint density at radius 3 is 2.15 bits per heavy atom. The van der Waals surface area contributed by atoms with Gasteiger partial charge in [0.15, 0.2) is 0 Å². The van der Waals surface area contributed by atoms with E-state index in [4.69, 9.17) is 0 Å². The normalized spacial score (nSPS) is 18.9. The Kier molecular flexibility index (Phi) is 6.12. The van der Waals surface area contributed by atoms with Crippen LogP contribution in [0.5, 0.6) is 0 Å². The maximum Gasteiger partial charge on any atom is 0.246 e. The fraction of sp³-hybridized carbons (Fsp3) is 0.545. The molecule has 4 nitrogen and oxygen atoms in total. The largest absolute Gasteiger partial charge is 0.342 e. The van der Waals surface area contributed by atoms with Gasteiger partial charge < -0.3 is 9.80 Å². The highest BCUT2D eigenvalue weighted by Crippen LogP contribution is 2.22. The lowest BCUT2D eigenvalue weighted by Crippen LogP contribution is -2.43. The van der Waals surface area contributed by atoms with Crippen LogP contribution in [-0.2, 0) is 9.59 Å². The average molecular weight is 354 g/mol. The van der Waals surface area contributed by atoms with E-state index >= 15 is 0 Å². The number of rotatable bonds is 4. The van der Waals surface area contributed by atoms with Crippen molar-refractivity contribution in [2.75, 3.05) is 26.2 Å². The minimum atomic E-state index is 0.0463. The smallest absolute Gasteiger partial charge is 0.246 e. The standard InChI is InChI=1S/C22H30N2O2/c1-17(2)19-8-5-18(6-9-19)7-10-21(25)23-15-11-20(12-16-23)22(26)24-13-3-4-14-24/h5-10,17,20H,3-4,11-16H2,1-2H3/b10-7+. The van der Waals surface area contributed by atoms with Crippen LogP contribution >= 0.6 is 0 Å². The van der Waals surface area contributed by atoms with Crippen molar-refractivity contribution >= 4 is 17.9 Å². The van der Waals surface area contributed by atoms with Crippen molar-refractivity contribution in [3.63, 3.8) is 0 Å². The predicted octanol–water partition coefficient (Wildman–Crippen LogP) is 3.68. The molecule has 0 aliphatic carbocycles. The molecule has 0 atom stereocenters. The second-order valence-electron chi connectivity index (χ2n) is 7.79. The number of amides is 2. The Balaban J connectivity index is 1.49. The summed E-state index contributed by atoms with van der Waals surface area (Å²) in [5, 5.41) is 0. The van der Waals surface area contributed by atoms with Crippen LogP contribution in [0.25, 0.3) is 6.08 Å². The number of benzene rings is 1. The fourth-order valence-electron chi connectivity index (χ4n) is 3.81. The molecule has 3 rings (SSSR count). The van der Waals surface area contributed by atoms with E-state index < -0.39 is 0 Å². The molecule has 0 radical (unpaired) electrons. The van der Waals surface area contributed by atoms with Crippen molar-refractivity contribution in [3.8, 4) is 0 Å². The van der Waals surface area contributed by atoms with Gasteiger partial charge in [-0.3, -0.25) is 9.59 Å². The maximum absolute atomic E-state index is 12.5. The number of hydrogen-bond acceptors (Lipinski definition) is 2. The molecular weight excluding hydrogens is 324 g/mol. The van der Waals surface area contributed by atoms with Gasteiger partial charge in [-0.25, -0.2) is 0 Å². The van der Waals surface area contributed by atoms with Crippen LogP contribution < -0.4 is 0 Å². The summed E-state index contributed by atoms with van der Waals surface area (Å²) in [6, 6.07) is 8.34. The highest BCUT2D eigenvalue weighted by atomic mass is 16.2. The first-order valence-corrected chi connectivity index (χ1v) is 9.90. The summed E-state index contributed by atoms with van der Waals surface area (Å²) in [6.07, 6.45) is 7.38. The van der Waals surface area contributed by atoms with Gasteiger partial charge in [0.1, 0.15) is 0 Å². The third-order valence-electron chi connectivity index (χ3n) is 5.60. The van der Waals surface area contributed by atoms with Gasteiger partial charge in [0.05, 0.1) is 0 Å². The molecule has 26 heavy (non-hydrogen) atoms. The molecular formula is C22H30N2O2. The number of nitrogens with zero attached hydrogens (tertiary/aromatic N) is 2. The van der Waals surface area contributed by atoms with Crippen LogP contribution in [0.4, 0.5) is 0 Å². The van der Waals surface area contributed by atoms with E-state index in [1.54, 1.807) is 6.08 Å². The minimum absolute atomic E-state index is 0.0463. The number of piperidine rings is 1. The van der Waals surface area contributed by atoms with Gasteiger partial charge in [-0.05, 0) is 48.8 Å². The van der Waals surface area contributed by atoms with Crippen molar-refractivity contribution < 1.29 is 9.59 Å². The van der Waals surface area contributed by atoms with Crippen LogP contribution in [0.15, 0.2) is 30.3 Å². The van der Waals surface area contributed by atoms with Crippen molar-refractivity contribution in [1.29, 1.82) is 0 Å². The van der Waals surface area contributed by atoms with Crippen LogP contribution in [0.3, 0.4) is 0 Å². The van der Waals surface area contributed by atoms with E-state index in [9.17, 15) is 9.59 Å². The molecule has 2 heterocycles. The van der Waals surface area contributed by atoms with E-state index in [0.29, 0.717) is 24.9 Å². The zero-order valence-corrected chi connectivity index (χ0v) is 16.0. The van der Waals surface area contributed by atoms with Gasteiger partial charge in [0.2, 0.25) is 11.8 Å². The summed E-state index contributed by atoms with van der Waals surface area (Å²) in [5.41, 5.74) is 2.35. The predicted molar refractivity (Wildman–Crippen MR) is 105 cm³/mol. The van der Waals surface area contributed by atoms with Crippen molar-refractivity contribution in [3.05, 3.63) is 41.5 Å². The number of hydrogen-bond donors (Lipinski definition) is 0. The molecule has 0 spiro atoms. The van der Waals surface area contributed by atoms with Gasteiger partial charge in [0.25, 0.3) is 0 Å². The lowest BCUT2D eigenvalue weighted by molar-refractivity contribution is -0.138. The molecule has 2 aliphatic rings. The Morgan fingerprint density at radius 1 is 0.962 bits per heavy atom. The summed E-state index contributed by atoms with van der Waals surface area (Å²) in [7, 11) is 0. The third kappa shape index (κ3) is 4.54. The van der Waals surface area contributed by atoms with Gasteiger partial charge in [-0.15, -0.1) is 0 Å². The molecule has 2 fully saturated rings. The number of carbonyl (C=O) groups is 2. The van der Waals surface area contributed by atoms with Crippen LogP contribution in [0.2, 0.25) is 0 Å². The zero-order valence-electron chi connectivity index (χ0n) is 16.0. The van der Waals surface area contributed by atoms with Gasteiger partial charge in [-0.1, -0.05) is 38.1 Å². The van der Waals surface area contributed by atoms with E-state index in [1.807, 2.05) is 15.9 Å². The summed E-state index contributed by atoms with van der Waals surface area (Å²) in [5.74, 6) is 0.962. The Bertz CT molecular complexity index is 649. The third-order valence-corrected chi connectivity index (χ3v) is 5.60. The van der Waals surface area contributed by atoms with Gasteiger partial charge in [0, 0.05) is 38.2 Å². The van der Waals surface area contributed by atoms with Crippen LogP contribution in [-0.4, -0.2) is 47.8 Å². The van der Waals surface area contributed by atoms with Crippen LogP contribution in [0.1, 0.15) is 56.6 Å². The lowest BCUT2D eigenvalue weighted by Gasteiger charge is -2.32. The van der Waals surface area contributed by atoms with E-state index in [2.05, 4.69) is 38.1 Å². The highest BCUT2D eigenvalue weighted by Gasteiger charge is 2.30. The summed E-state index contributed by atoms with van der Waals surface area (Å²) < 4.78 is 0. The average Bonchev–Trinajstić information content (AvgIpc) is 3.20. The van der Waals surface area contributed by atoms with Crippen molar-refractivity contribution in [2.45, 2.75) is 45.4 Å². The Labute approximate surface area is 156 Å². The molecule has 0 unspecified atom stereocenters. The molecule has 1 aromatic rings. The van der Waals surface area contributed by atoms with E-state index in [1.165, 1.54) is 5.56 Å². The van der Waals surface area contributed by atoms with Crippen molar-refractivity contribution in [1.82, 2.24) is 9.80 Å². The highest BCUT2D eigenvalue weighted by molar-refractivity contribution is 5.92.